The average molecular weight is 221 g/mol. The first-order chi connectivity index (χ1) is 7.18. The molecule has 0 unspecified atom stereocenters. The van der Waals surface area contributed by atoms with E-state index in [1.165, 1.54) is 6.20 Å². The molecule has 0 bridgehead atoms. The fourth-order valence-corrected chi connectivity index (χ4v) is 1.43. The van der Waals surface area contributed by atoms with E-state index in [0.29, 0.717) is 22.2 Å². The molecule has 0 aliphatic heterocycles. The van der Waals surface area contributed by atoms with Crippen LogP contribution in [0.25, 0.3) is 11.3 Å². The minimum Gasteiger partial charge on any atom is -0.397 e. The summed E-state index contributed by atoms with van der Waals surface area (Å²) in [4.78, 5) is 8.05. The topological polar surface area (TPSA) is 77.8 Å². The van der Waals surface area contributed by atoms with Crippen molar-refractivity contribution in [2.75, 3.05) is 11.5 Å². The van der Waals surface area contributed by atoms with Crippen LogP contribution < -0.4 is 11.5 Å². The van der Waals surface area contributed by atoms with Gasteiger partial charge in [0.05, 0.1) is 29.5 Å². The zero-order valence-corrected chi connectivity index (χ0v) is 8.57. The summed E-state index contributed by atoms with van der Waals surface area (Å²) >= 11 is 5.74. The average Bonchev–Trinajstić information content (AvgIpc) is 2.22. The van der Waals surface area contributed by atoms with Crippen molar-refractivity contribution in [1.29, 1.82) is 0 Å². The van der Waals surface area contributed by atoms with Crippen LogP contribution in [0.1, 0.15) is 0 Å². The van der Waals surface area contributed by atoms with Gasteiger partial charge < -0.3 is 11.5 Å². The summed E-state index contributed by atoms with van der Waals surface area (Å²) < 4.78 is 0. The number of halogens is 1. The number of hydrogen-bond donors (Lipinski definition) is 2. The Morgan fingerprint density at radius 2 is 1.93 bits per heavy atom. The number of nitrogens with zero attached hydrogens (tertiary/aromatic N) is 2. The molecule has 4 nitrogen and oxygen atoms in total. The third-order valence-electron chi connectivity index (χ3n) is 2.02. The van der Waals surface area contributed by atoms with Crippen LogP contribution in [0.15, 0.2) is 30.6 Å². The van der Waals surface area contributed by atoms with Crippen LogP contribution >= 0.6 is 11.6 Å². The molecule has 0 radical (unpaired) electrons. The van der Waals surface area contributed by atoms with Crippen LogP contribution in [0.4, 0.5) is 11.4 Å². The normalized spacial score (nSPS) is 10.2. The van der Waals surface area contributed by atoms with Crippen LogP contribution in [-0.2, 0) is 0 Å². The summed E-state index contributed by atoms with van der Waals surface area (Å²) in [7, 11) is 0. The Balaban J connectivity index is 2.59. The first-order valence-corrected chi connectivity index (χ1v) is 4.68. The molecule has 0 saturated carbocycles. The summed E-state index contributed by atoms with van der Waals surface area (Å²) in [6, 6.07) is 5.37. The lowest BCUT2D eigenvalue weighted by Gasteiger charge is -2.06. The second-order valence-electron chi connectivity index (χ2n) is 3.04. The lowest BCUT2D eigenvalue weighted by molar-refractivity contribution is 1.21. The lowest BCUT2D eigenvalue weighted by atomic mass is 10.1. The molecule has 1 aromatic carbocycles. The molecule has 0 aliphatic carbocycles. The summed E-state index contributed by atoms with van der Waals surface area (Å²) in [5.74, 6) is 0. The highest BCUT2D eigenvalue weighted by Gasteiger charge is 2.06. The van der Waals surface area contributed by atoms with Crippen molar-refractivity contribution in [3.63, 3.8) is 0 Å². The van der Waals surface area contributed by atoms with Crippen LogP contribution in [0, 0.1) is 0 Å². The van der Waals surface area contributed by atoms with Gasteiger partial charge in [-0.25, -0.2) is 4.98 Å². The van der Waals surface area contributed by atoms with Crippen molar-refractivity contribution in [2.24, 2.45) is 0 Å². The maximum Gasteiger partial charge on any atom is 0.148 e. The van der Waals surface area contributed by atoms with Gasteiger partial charge in [-0.1, -0.05) is 23.7 Å². The highest BCUT2D eigenvalue weighted by atomic mass is 35.5. The summed E-state index contributed by atoms with van der Waals surface area (Å²) in [6.45, 7) is 0. The van der Waals surface area contributed by atoms with Crippen LogP contribution in [0.3, 0.4) is 0 Å². The maximum atomic E-state index is 5.83. The van der Waals surface area contributed by atoms with Gasteiger partial charge in [0, 0.05) is 5.56 Å². The molecule has 0 saturated heterocycles. The third kappa shape index (κ3) is 1.85. The molecule has 0 fully saturated rings. The van der Waals surface area contributed by atoms with E-state index in [1.807, 2.05) is 12.1 Å². The number of hydrogen-bond acceptors (Lipinski definition) is 4. The molecule has 2 rings (SSSR count). The van der Waals surface area contributed by atoms with Gasteiger partial charge in [0.1, 0.15) is 5.15 Å². The predicted octanol–water partition coefficient (Wildman–Crippen LogP) is 1.96. The fourth-order valence-electron chi connectivity index (χ4n) is 1.28. The molecule has 0 aliphatic rings. The lowest BCUT2D eigenvalue weighted by Crippen LogP contribution is -1.98. The number of para-hydroxylation sites is 1. The van der Waals surface area contributed by atoms with Gasteiger partial charge in [-0.15, -0.1) is 0 Å². The Kier molecular flexibility index (Phi) is 2.43. The second-order valence-corrected chi connectivity index (χ2v) is 3.42. The maximum absolute atomic E-state index is 5.83. The molecule has 15 heavy (non-hydrogen) atoms. The number of rotatable bonds is 1. The van der Waals surface area contributed by atoms with E-state index in [4.69, 9.17) is 23.1 Å². The first kappa shape index (κ1) is 9.73. The Morgan fingerprint density at radius 1 is 1.13 bits per heavy atom. The largest absolute Gasteiger partial charge is 0.397 e. The van der Waals surface area contributed by atoms with E-state index in [1.54, 1.807) is 12.3 Å². The quantitative estimate of drug-likeness (QED) is 0.721. The SMILES string of the molecule is Nc1cccc(-c2cncc(Cl)n2)c1N. The highest BCUT2D eigenvalue weighted by Crippen LogP contribution is 2.28. The summed E-state index contributed by atoms with van der Waals surface area (Å²) in [5, 5.41) is 0.328. The molecule has 1 aromatic heterocycles. The van der Waals surface area contributed by atoms with E-state index < -0.39 is 0 Å². The molecular formula is C10H9ClN4. The van der Waals surface area contributed by atoms with Gasteiger partial charge in [-0.05, 0) is 6.07 Å². The van der Waals surface area contributed by atoms with Gasteiger partial charge in [0.25, 0.3) is 0 Å². The van der Waals surface area contributed by atoms with Crippen molar-refractivity contribution >= 4 is 23.0 Å². The second kappa shape index (κ2) is 3.74. The Bertz CT molecular complexity index is 499. The number of nitrogen functional groups attached to an aromatic ring is 2. The molecule has 4 N–H and O–H groups in total. The number of aromatic nitrogens is 2. The van der Waals surface area contributed by atoms with Crippen molar-refractivity contribution < 1.29 is 0 Å². The minimum absolute atomic E-state index is 0.328. The molecule has 0 amide bonds. The molecule has 76 valence electrons. The number of nitrogens with two attached hydrogens (primary N) is 2. The van der Waals surface area contributed by atoms with Crippen molar-refractivity contribution in [3.05, 3.63) is 35.7 Å². The van der Waals surface area contributed by atoms with Gasteiger partial charge in [-0.3, -0.25) is 4.98 Å². The van der Waals surface area contributed by atoms with Crippen LogP contribution in [0.2, 0.25) is 5.15 Å². The smallest absolute Gasteiger partial charge is 0.148 e. The van der Waals surface area contributed by atoms with E-state index in [0.717, 1.165) is 5.56 Å². The number of benzene rings is 1. The van der Waals surface area contributed by atoms with Crippen molar-refractivity contribution in [2.45, 2.75) is 0 Å². The van der Waals surface area contributed by atoms with Crippen molar-refractivity contribution in [1.82, 2.24) is 9.97 Å². The highest BCUT2D eigenvalue weighted by molar-refractivity contribution is 6.29. The van der Waals surface area contributed by atoms with Gasteiger partial charge in [0.2, 0.25) is 0 Å². The zero-order valence-electron chi connectivity index (χ0n) is 7.81. The summed E-state index contributed by atoms with van der Waals surface area (Å²) in [5.41, 5.74) is 13.9. The van der Waals surface area contributed by atoms with E-state index in [2.05, 4.69) is 9.97 Å². The Labute approximate surface area is 91.9 Å². The Hall–Kier alpha value is -1.81. The van der Waals surface area contributed by atoms with E-state index >= 15 is 0 Å². The fraction of sp³-hybridized carbons (Fsp3) is 0. The third-order valence-corrected chi connectivity index (χ3v) is 2.20. The van der Waals surface area contributed by atoms with Gasteiger partial charge in [0.15, 0.2) is 0 Å². The first-order valence-electron chi connectivity index (χ1n) is 4.30. The molecular weight excluding hydrogens is 212 g/mol. The molecule has 0 atom stereocenters. The predicted molar refractivity (Wildman–Crippen MR) is 61.3 cm³/mol. The van der Waals surface area contributed by atoms with Gasteiger partial charge in [-0.2, -0.15) is 0 Å². The molecule has 0 spiro atoms. The minimum atomic E-state index is 0.328. The molecule has 1 heterocycles. The van der Waals surface area contributed by atoms with E-state index in [9.17, 15) is 0 Å². The Morgan fingerprint density at radius 3 is 2.67 bits per heavy atom. The van der Waals surface area contributed by atoms with Gasteiger partial charge >= 0.3 is 0 Å². The van der Waals surface area contributed by atoms with E-state index in [-0.39, 0.29) is 0 Å². The molecule has 2 aromatic rings. The van der Waals surface area contributed by atoms with Crippen LogP contribution in [-0.4, -0.2) is 9.97 Å². The standard InChI is InChI=1S/C10H9ClN4/c11-9-5-14-4-8(15-9)6-2-1-3-7(12)10(6)13/h1-5H,12-13H2. The van der Waals surface area contributed by atoms with Crippen LogP contribution in [0.5, 0.6) is 0 Å². The zero-order chi connectivity index (χ0) is 10.8. The number of anilines is 2. The van der Waals surface area contributed by atoms with Crippen molar-refractivity contribution in [3.8, 4) is 11.3 Å². The molecule has 5 heteroatoms. The monoisotopic (exact) mass is 220 g/mol. The summed E-state index contributed by atoms with van der Waals surface area (Å²) in [6.07, 6.45) is 3.06.